The Morgan fingerprint density at radius 2 is 1.91 bits per heavy atom. The van der Waals surface area contributed by atoms with Gasteiger partial charge in [-0.05, 0) is 36.6 Å². The molecule has 0 atom stereocenters. The Kier molecular flexibility index (Phi) is 2.50. The van der Waals surface area contributed by atoms with Gasteiger partial charge in [-0.25, -0.2) is 4.98 Å². The molecule has 0 amide bonds. The van der Waals surface area contributed by atoms with Crippen LogP contribution in [0.25, 0.3) is 33.5 Å². The van der Waals surface area contributed by atoms with Crippen molar-refractivity contribution in [3.05, 3.63) is 64.4 Å². The van der Waals surface area contributed by atoms with Crippen molar-refractivity contribution in [1.82, 2.24) is 9.55 Å². The first kappa shape index (κ1) is 12.6. The molecule has 0 spiro atoms. The molecule has 1 aliphatic rings. The van der Waals surface area contributed by atoms with Gasteiger partial charge in [0.05, 0.1) is 5.52 Å². The molecule has 23 heavy (non-hydrogen) atoms. The van der Waals surface area contributed by atoms with Crippen molar-refractivity contribution in [2.24, 2.45) is 0 Å². The van der Waals surface area contributed by atoms with Crippen LogP contribution in [0.2, 0.25) is 0 Å². The van der Waals surface area contributed by atoms with Gasteiger partial charge < -0.3 is 8.98 Å². The van der Waals surface area contributed by atoms with Crippen LogP contribution in [-0.4, -0.2) is 9.55 Å². The van der Waals surface area contributed by atoms with Crippen molar-refractivity contribution in [3.8, 4) is 11.5 Å². The summed E-state index contributed by atoms with van der Waals surface area (Å²) in [5, 5.41) is 0.978. The maximum absolute atomic E-state index is 12.8. The van der Waals surface area contributed by atoms with Crippen LogP contribution in [0.3, 0.4) is 0 Å². The van der Waals surface area contributed by atoms with Gasteiger partial charge in [-0.3, -0.25) is 4.79 Å². The summed E-state index contributed by atoms with van der Waals surface area (Å²) < 4.78 is 7.86. The monoisotopic (exact) mass is 302 g/mol. The van der Waals surface area contributed by atoms with E-state index in [4.69, 9.17) is 4.42 Å². The Morgan fingerprint density at radius 1 is 1.04 bits per heavy atom. The third kappa shape index (κ3) is 1.72. The number of nitrogens with zero attached hydrogens (tertiary/aromatic N) is 2. The molecular formula is C19H14N2O2. The fourth-order valence-corrected chi connectivity index (χ4v) is 3.52. The van der Waals surface area contributed by atoms with Crippen molar-refractivity contribution in [1.29, 1.82) is 0 Å². The van der Waals surface area contributed by atoms with E-state index in [2.05, 4.69) is 11.1 Å². The molecule has 4 nitrogen and oxygen atoms in total. The Balaban J connectivity index is 1.94. The zero-order valence-corrected chi connectivity index (χ0v) is 12.5. The standard InChI is InChI=1S/C19H14N2O2/c22-19-15-17(23-18(20-15)13-6-2-1-3-7-13)14-10-4-8-12-9-5-11-21(19)16(12)14/h1-4,6-8,10H,5,9,11H2. The van der Waals surface area contributed by atoms with E-state index >= 15 is 0 Å². The molecule has 0 saturated heterocycles. The Hall–Kier alpha value is -2.88. The predicted octanol–water partition coefficient (Wildman–Crippen LogP) is 3.76. The highest BCUT2D eigenvalue weighted by Gasteiger charge is 2.21. The molecule has 0 radical (unpaired) electrons. The SMILES string of the molecule is O=c1c2nc(-c3ccccc3)oc2c2cccc3c2n1CCC3. The van der Waals surface area contributed by atoms with Crippen molar-refractivity contribution in [3.63, 3.8) is 0 Å². The summed E-state index contributed by atoms with van der Waals surface area (Å²) in [6.45, 7) is 0.746. The first-order valence-corrected chi connectivity index (χ1v) is 7.83. The van der Waals surface area contributed by atoms with Crippen molar-refractivity contribution in [2.75, 3.05) is 0 Å². The normalized spacial score (nSPS) is 13.7. The van der Waals surface area contributed by atoms with E-state index in [1.165, 1.54) is 5.56 Å². The second-order valence-electron chi connectivity index (χ2n) is 5.94. The fourth-order valence-electron chi connectivity index (χ4n) is 3.52. The molecule has 4 aromatic rings. The number of para-hydroxylation sites is 1. The molecule has 2 aromatic heterocycles. The lowest BCUT2D eigenvalue weighted by atomic mass is 10.0. The minimum absolute atomic E-state index is 0.0504. The largest absolute Gasteiger partial charge is 0.435 e. The number of benzene rings is 2. The Labute approximate surface area is 132 Å². The molecule has 2 aromatic carbocycles. The second kappa shape index (κ2) is 4.56. The Morgan fingerprint density at radius 3 is 2.78 bits per heavy atom. The summed E-state index contributed by atoms with van der Waals surface area (Å²) in [7, 11) is 0. The summed E-state index contributed by atoms with van der Waals surface area (Å²) in [5.41, 5.74) is 4.08. The van der Waals surface area contributed by atoms with Crippen LogP contribution in [-0.2, 0) is 13.0 Å². The summed E-state index contributed by atoms with van der Waals surface area (Å²) in [4.78, 5) is 17.3. The number of hydrogen-bond acceptors (Lipinski definition) is 3. The molecule has 0 N–H and O–H groups in total. The molecule has 0 bridgehead atoms. The molecule has 0 fully saturated rings. The zero-order chi connectivity index (χ0) is 15.4. The molecule has 112 valence electrons. The molecule has 3 heterocycles. The first-order chi connectivity index (χ1) is 11.3. The quantitative estimate of drug-likeness (QED) is 0.538. The molecule has 4 heteroatoms. The van der Waals surface area contributed by atoms with Gasteiger partial charge in [0.1, 0.15) is 0 Å². The highest BCUT2D eigenvalue weighted by atomic mass is 16.3. The van der Waals surface area contributed by atoms with Gasteiger partial charge in [0.2, 0.25) is 5.89 Å². The minimum Gasteiger partial charge on any atom is -0.435 e. The van der Waals surface area contributed by atoms with E-state index in [9.17, 15) is 4.79 Å². The summed E-state index contributed by atoms with van der Waals surface area (Å²) >= 11 is 0. The molecular weight excluding hydrogens is 288 g/mol. The van der Waals surface area contributed by atoms with Crippen LogP contribution in [0, 0.1) is 0 Å². The van der Waals surface area contributed by atoms with Crippen LogP contribution in [0.15, 0.2) is 57.7 Å². The van der Waals surface area contributed by atoms with Crippen LogP contribution in [0.4, 0.5) is 0 Å². The zero-order valence-electron chi connectivity index (χ0n) is 12.5. The molecule has 0 saturated carbocycles. The third-order valence-corrected chi connectivity index (χ3v) is 4.56. The van der Waals surface area contributed by atoms with E-state index in [1.807, 2.05) is 47.0 Å². The molecule has 5 rings (SSSR count). The van der Waals surface area contributed by atoms with E-state index in [0.717, 1.165) is 35.9 Å². The number of rotatable bonds is 1. The van der Waals surface area contributed by atoms with Gasteiger partial charge in [-0.2, -0.15) is 0 Å². The number of oxazole rings is 1. The topological polar surface area (TPSA) is 48.0 Å². The number of hydrogen-bond donors (Lipinski definition) is 0. The summed E-state index contributed by atoms with van der Waals surface area (Å²) in [6, 6.07) is 15.8. The lowest BCUT2D eigenvalue weighted by Gasteiger charge is -2.18. The maximum atomic E-state index is 12.8. The molecule has 0 aliphatic carbocycles. The smallest absolute Gasteiger partial charge is 0.280 e. The minimum atomic E-state index is -0.0504. The number of pyridine rings is 1. The van der Waals surface area contributed by atoms with Crippen LogP contribution < -0.4 is 5.56 Å². The highest BCUT2D eigenvalue weighted by molar-refractivity contribution is 6.02. The van der Waals surface area contributed by atoms with Gasteiger partial charge in [0.15, 0.2) is 11.1 Å². The second-order valence-corrected chi connectivity index (χ2v) is 5.94. The summed E-state index contributed by atoms with van der Waals surface area (Å²) in [6.07, 6.45) is 1.99. The third-order valence-electron chi connectivity index (χ3n) is 4.56. The lowest BCUT2D eigenvalue weighted by molar-refractivity contribution is 0.611. The van der Waals surface area contributed by atoms with E-state index in [-0.39, 0.29) is 5.56 Å². The van der Waals surface area contributed by atoms with Gasteiger partial charge >= 0.3 is 0 Å². The first-order valence-electron chi connectivity index (χ1n) is 7.83. The predicted molar refractivity (Wildman–Crippen MR) is 89.5 cm³/mol. The van der Waals surface area contributed by atoms with Gasteiger partial charge in [-0.15, -0.1) is 0 Å². The van der Waals surface area contributed by atoms with E-state index in [1.54, 1.807) is 0 Å². The molecule has 1 aliphatic heterocycles. The highest BCUT2D eigenvalue weighted by Crippen LogP contribution is 2.31. The van der Waals surface area contributed by atoms with E-state index in [0.29, 0.717) is 17.0 Å². The van der Waals surface area contributed by atoms with Gasteiger partial charge in [0, 0.05) is 17.5 Å². The van der Waals surface area contributed by atoms with Crippen molar-refractivity contribution in [2.45, 2.75) is 19.4 Å². The number of fused-ring (bicyclic) bond motifs is 2. The van der Waals surface area contributed by atoms with E-state index < -0.39 is 0 Å². The number of aromatic nitrogens is 2. The van der Waals surface area contributed by atoms with Crippen LogP contribution in [0.5, 0.6) is 0 Å². The van der Waals surface area contributed by atoms with Crippen LogP contribution in [0.1, 0.15) is 12.0 Å². The maximum Gasteiger partial charge on any atom is 0.280 e. The lowest BCUT2D eigenvalue weighted by Crippen LogP contribution is -2.24. The van der Waals surface area contributed by atoms with Crippen molar-refractivity contribution >= 4 is 22.0 Å². The number of aryl methyl sites for hydroxylation is 2. The van der Waals surface area contributed by atoms with Gasteiger partial charge in [0.25, 0.3) is 5.56 Å². The Bertz CT molecular complexity index is 1110. The average Bonchev–Trinajstić information content (AvgIpc) is 3.06. The summed E-state index contributed by atoms with van der Waals surface area (Å²) in [5.74, 6) is 0.501. The van der Waals surface area contributed by atoms with Crippen LogP contribution >= 0.6 is 0 Å². The average molecular weight is 302 g/mol. The van der Waals surface area contributed by atoms with Gasteiger partial charge in [-0.1, -0.05) is 30.3 Å². The molecule has 0 unspecified atom stereocenters. The fraction of sp³-hybridized carbons (Fsp3) is 0.158. The van der Waals surface area contributed by atoms with Crippen molar-refractivity contribution < 1.29 is 4.42 Å².